The van der Waals surface area contributed by atoms with E-state index in [0.717, 1.165) is 0 Å². The molecular weight excluding hydrogens is 173 g/mol. The van der Waals surface area contributed by atoms with Crippen LogP contribution in [0.3, 0.4) is 0 Å². The Morgan fingerprint density at radius 3 is 2.67 bits per heavy atom. The van der Waals surface area contributed by atoms with Gasteiger partial charge in [0.25, 0.3) is 5.91 Å². The number of nitrogens with two attached hydrogens (primary N) is 1. The Hall–Kier alpha value is -0.780. The van der Waals surface area contributed by atoms with Crippen LogP contribution >= 0.6 is 0 Å². The molecule has 12 heavy (non-hydrogen) atoms. The van der Waals surface area contributed by atoms with Crippen molar-refractivity contribution in [3.8, 4) is 0 Å². The molecule has 2 atom stereocenters. The topological polar surface area (TPSA) is 55.1 Å². The van der Waals surface area contributed by atoms with Crippen LogP contribution in [0, 0.1) is 0 Å². The van der Waals surface area contributed by atoms with E-state index in [0.29, 0.717) is 0 Å². The average Bonchev–Trinajstić information content (AvgIpc) is 2.04. The number of carbonyl (C=O) groups is 1. The molecule has 3 N–H and O–H groups in total. The lowest BCUT2D eigenvalue weighted by atomic mass is 10.1. The lowest BCUT2D eigenvalue weighted by molar-refractivity contribution is -0.154. The van der Waals surface area contributed by atoms with Crippen LogP contribution in [-0.2, 0) is 4.79 Å². The van der Waals surface area contributed by atoms with Gasteiger partial charge in [-0.25, -0.2) is 4.39 Å². The molecule has 1 heterocycles. The van der Waals surface area contributed by atoms with E-state index in [2.05, 4.69) is 0 Å². The van der Waals surface area contributed by atoms with Gasteiger partial charge in [0.1, 0.15) is 0 Å². The van der Waals surface area contributed by atoms with Crippen molar-refractivity contribution in [2.24, 2.45) is 5.73 Å². The van der Waals surface area contributed by atoms with E-state index in [4.69, 9.17) is 5.73 Å². The zero-order valence-electron chi connectivity index (χ0n) is 6.19. The minimum Gasteiger partial charge on any atom is -0.336 e. The summed E-state index contributed by atoms with van der Waals surface area (Å²) < 4.78 is 37.7. The molecule has 0 aromatic rings. The molecule has 6 heteroatoms. The van der Waals surface area contributed by atoms with Crippen LogP contribution in [0.4, 0.5) is 13.2 Å². The van der Waals surface area contributed by atoms with Gasteiger partial charge >= 0.3 is 5.92 Å². The average molecular weight is 182 g/mol. The van der Waals surface area contributed by atoms with Crippen LogP contribution in [0.1, 0.15) is 12.8 Å². The van der Waals surface area contributed by atoms with Crippen LogP contribution in [0.5, 0.6) is 0 Å². The fraction of sp³-hybridized carbons (Fsp3) is 0.833. The van der Waals surface area contributed by atoms with Crippen LogP contribution in [0.25, 0.3) is 0 Å². The minimum atomic E-state index is -3.94. The smallest absolute Gasteiger partial charge is 0.336 e. The standard InChI is InChI=1S/C6H9F3N2O/c7-3-1-2-4(10)11-5(12)6(3,8)9/h3-4H,1-2,10H2,(H,11,12). The zero-order valence-corrected chi connectivity index (χ0v) is 6.19. The van der Waals surface area contributed by atoms with Gasteiger partial charge in [-0.05, 0) is 12.8 Å². The lowest BCUT2D eigenvalue weighted by Gasteiger charge is -2.15. The fourth-order valence-electron chi connectivity index (χ4n) is 0.986. The van der Waals surface area contributed by atoms with Crippen molar-refractivity contribution in [1.29, 1.82) is 0 Å². The first-order chi connectivity index (χ1) is 5.44. The molecule has 0 aromatic heterocycles. The zero-order chi connectivity index (χ0) is 9.35. The van der Waals surface area contributed by atoms with E-state index in [-0.39, 0.29) is 6.42 Å². The number of nitrogens with one attached hydrogen (secondary N) is 1. The second-order valence-electron chi connectivity index (χ2n) is 2.75. The van der Waals surface area contributed by atoms with Gasteiger partial charge in [-0.2, -0.15) is 8.78 Å². The predicted octanol–water partition coefficient (Wildman–Crippen LogP) is 0.155. The van der Waals surface area contributed by atoms with E-state index < -0.39 is 30.6 Å². The maximum Gasteiger partial charge on any atom is 0.354 e. The molecule has 0 radical (unpaired) electrons. The summed E-state index contributed by atoms with van der Waals surface area (Å²) in [5.74, 6) is -5.56. The first kappa shape index (κ1) is 9.31. The third-order valence-corrected chi connectivity index (χ3v) is 1.74. The molecule has 1 fully saturated rings. The molecule has 0 spiro atoms. The quantitative estimate of drug-likeness (QED) is 0.560. The maximum atomic E-state index is 12.6. The summed E-state index contributed by atoms with van der Waals surface area (Å²) in [6.45, 7) is 0. The second-order valence-corrected chi connectivity index (χ2v) is 2.75. The van der Waals surface area contributed by atoms with Crippen LogP contribution in [0.2, 0.25) is 0 Å². The summed E-state index contributed by atoms with van der Waals surface area (Å²) in [6.07, 6.45) is -3.66. The maximum absolute atomic E-state index is 12.6. The van der Waals surface area contributed by atoms with Gasteiger partial charge in [0.05, 0.1) is 6.17 Å². The van der Waals surface area contributed by atoms with Gasteiger partial charge in [0, 0.05) is 0 Å². The van der Waals surface area contributed by atoms with E-state index in [1.807, 2.05) is 5.32 Å². The van der Waals surface area contributed by atoms with Gasteiger partial charge in [-0.3, -0.25) is 4.79 Å². The molecule has 1 saturated heterocycles. The number of hydrogen-bond donors (Lipinski definition) is 2. The molecule has 70 valence electrons. The normalized spacial score (nSPS) is 35.5. The number of carbonyl (C=O) groups excluding carboxylic acids is 1. The molecule has 0 saturated carbocycles. The van der Waals surface area contributed by atoms with Gasteiger partial charge in [0.2, 0.25) is 0 Å². The Bertz CT molecular complexity index is 197. The van der Waals surface area contributed by atoms with Crippen LogP contribution in [-0.4, -0.2) is 24.2 Å². The highest BCUT2D eigenvalue weighted by Crippen LogP contribution is 2.27. The van der Waals surface area contributed by atoms with Crippen LogP contribution < -0.4 is 11.1 Å². The first-order valence-corrected chi connectivity index (χ1v) is 3.53. The summed E-state index contributed by atoms with van der Waals surface area (Å²) >= 11 is 0. The highest BCUT2D eigenvalue weighted by atomic mass is 19.3. The number of rotatable bonds is 0. The van der Waals surface area contributed by atoms with Crippen molar-refractivity contribution in [2.75, 3.05) is 0 Å². The molecule has 3 nitrogen and oxygen atoms in total. The molecule has 1 rings (SSSR count). The molecule has 0 aromatic carbocycles. The fourth-order valence-corrected chi connectivity index (χ4v) is 0.986. The SMILES string of the molecule is NC1CCC(F)C(F)(F)C(=O)N1. The Balaban J connectivity index is 2.79. The summed E-state index contributed by atoms with van der Waals surface area (Å²) in [7, 11) is 0. The molecule has 1 aliphatic rings. The molecular formula is C6H9F3N2O. The van der Waals surface area contributed by atoms with E-state index >= 15 is 0 Å². The number of amides is 1. The van der Waals surface area contributed by atoms with Gasteiger partial charge in [-0.1, -0.05) is 0 Å². The van der Waals surface area contributed by atoms with Gasteiger partial charge in [-0.15, -0.1) is 0 Å². The molecule has 1 amide bonds. The predicted molar refractivity (Wildman–Crippen MR) is 35.2 cm³/mol. The molecule has 1 aliphatic heterocycles. The van der Waals surface area contributed by atoms with Gasteiger partial charge in [0.15, 0.2) is 6.17 Å². The van der Waals surface area contributed by atoms with Crippen molar-refractivity contribution in [1.82, 2.24) is 5.32 Å². The summed E-state index contributed by atoms with van der Waals surface area (Å²) in [6, 6.07) is 0. The minimum absolute atomic E-state index is 0.0303. The largest absolute Gasteiger partial charge is 0.354 e. The van der Waals surface area contributed by atoms with Crippen molar-refractivity contribution >= 4 is 5.91 Å². The number of halogens is 3. The Labute approximate surface area is 67.1 Å². The Morgan fingerprint density at radius 1 is 1.50 bits per heavy atom. The first-order valence-electron chi connectivity index (χ1n) is 3.53. The van der Waals surface area contributed by atoms with E-state index in [9.17, 15) is 18.0 Å². The highest BCUT2D eigenvalue weighted by Gasteiger charge is 2.49. The molecule has 2 unspecified atom stereocenters. The van der Waals surface area contributed by atoms with Crippen molar-refractivity contribution in [2.45, 2.75) is 31.1 Å². The summed E-state index contributed by atoms with van der Waals surface area (Å²) in [5, 5.41) is 1.81. The third kappa shape index (κ3) is 1.52. The van der Waals surface area contributed by atoms with Crippen molar-refractivity contribution in [3.63, 3.8) is 0 Å². The second kappa shape index (κ2) is 2.93. The number of hydrogen-bond acceptors (Lipinski definition) is 2. The molecule has 0 bridgehead atoms. The number of alkyl halides is 3. The molecule has 0 aliphatic carbocycles. The monoisotopic (exact) mass is 182 g/mol. The van der Waals surface area contributed by atoms with Crippen molar-refractivity contribution < 1.29 is 18.0 Å². The lowest BCUT2D eigenvalue weighted by Crippen LogP contribution is -2.48. The van der Waals surface area contributed by atoms with E-state index in [1.165, 1.54) is 0 Å². The summed E-state index contributed by atoms with van der Waals surface area (Å²) in [5.41, 5.74) is 5.18. The Morgan fingerprint density at radius 2 is 2.08 bits per heavy atom. The highest BCUT2D eigenvalue weighted by molar-refractivity contribution is 5.84. The van der Waals surface area contributed by atoms with Crippen LogP contribution in [0.15, 0.2) is 0 Å². The Kier molecular flexibility index (Phi) is 2.27. The summed E-state index contributed by atoms with van der Waals surface area (Å²) in [4.78, 5) is 10.6. The van der Waals surface area contributed by atoms with Crippen molar-refractivity contribution in [3.05, 3.63) is 0 Å². The van der Waals surface area contributed by atoms with E-state index in [1.54, 1.807) is 0 Å². The van der Waals surface area contributed by atoms with Gasteiger partial charge < -0.3 is 11.1 Å². The third-order valence-electron chi connectivity index (χ3n) is 1.74.